The fourth-order valence-corrected chi connectivity index (χ4v) is 4.39. The van der Waals surface area contributed by atoms with E-state index in [1.54, 1.807) is 19.1 Å². The van der Waals surface area contributed by atoms with Gasteiger partial charge in [-0.3, -0.25) is 4.79 Å². The number of nitrogens with one attached hydrogen (secondary N) is 1. The van der Waals surface area contributed by atoms with Crippen LogP contribution in [0.2, 0.25) is 0 Å². The summed E-state index contributed by atoms with van der Waals surface area (Å²) in [6.07, 6.45) is 1.39. The molecule has 7 heteroatoms. The zero-order chi connectivity index (χ0) is 20.0. The second-order valence-corrected chi connectivity index (χ2v) is 9.14. The quantitative estimate of drug-likeness (QED) is 0.771. The number of benzene rings is 2. The third-order valence-electron chi connectivity index (χ3n) is 4.88. The molecule has 6 nitrogen and oxygen atoms in total. The normalized spacial score (nSPS) is 17.8. The van der Waals surface area contributed by atoms with Gasteiger partial charge >= 0.3 is 0 Å². The van der Waals surface area contributed by atoms with Gasteiger partial charge in [0.1, 0.15) is 12.4 Å². The number of rotatable bonds is 7. The number of amides is 1. The van der Waals surface area contributed by atoms with Gasteiger partial charge in [0.25, 0.3) is 0 Å². The Morgan fingerprint density at radius 1 is 1.14 bits per heavy atom. The minimum absolute atomic E-state index is 0.0613. The molecule has 0 radical (unpaired) electrons. The second kappa shape index (κ2) is 9.21. The van der Waals surface area contributed by atoms with Gasteiger partial charge in [0.15, 0.2) is 0 Å². The number of sulfonamides is 1. The molecule has 1 aliphatic rings. The van der Waals surface area contributed by atoms with Crippen molar-refractivity contribution in [2.75, 3.05) is 24.2 Å². The van der Waals surface area contributed by atoms with Crippen molar-refractivity contribution in [1.29, 1.82) is 0 Å². The van der Waals surface area contributed by atoms with Crippen LogP contribution in [0, 0.1) is 5.92 Å². The molecule has 3 rings (SSSR count). The summed E-state index contributed by atoms with van der Waals surface area (Å²) in [4.78, 5) is 12.6. The number of ether oxygens (including phenoxy) is 1. The van der Waals surface area contributed by atoms with Crippen LogP contribution in [-0.4, -0.2) is 37.5 Å². The van der Waals surface area contributed by atoms with Gasteiger partial charge in [-0.1, -0.05) is 30.3 Å². The summed E-state index contributed by atoms with van der Waals surface area (Å²) in [6, 6.07) is 17.1. The van der Waals surface area contributed by atoms with Gasteiger partial charge in [-0.2, -0.15) is 0 Å². The van der Waals surface area contributed by atoms with Gasteiger partial charge in [-0.05, 0) is 49.6 Å². The third-order valence-corrected chi connectivity index (χ3v) is 6.73. The lowest BCUT2D eigenvalue weighted by Gasteiger charge is -2.30. The summed E-state index contributed by atoms with van der Waals surface area (Å²) in [6.45, 7) is 2.85. The van der Waals surface area contributed by atoms with Crippen LogP contribution >= 0.6 is 0 Å². The van der Waals surface area contributed by atoms with Gasteiger partial charge < -0.3 is 10.1 Å². The lowest BCUT2D eigenvalue weighted by Crippen LogP contribution is -2.44. The molecule has 1 fully saturated rings. The molecule has 0 spiro atoms. The van der Waals surface area contributed by atoms with Crippen LogP contribution in [0.15, 0.2) is 54.6 Å². The standard InChI is InChI=1S/C21H26N2O4S/c1-2-28(25,26)23-14-6-9-18(15-23)21(24)22-19-10-12-20(13-11-19)27-16-17-7-4-3-5-8-17/h3-5,7-8,10-13,18H,2,6,9,14-16H2,1H3,(H,22,24)/t18-/m0/s1. The maximum absolute atomic E-state index is 12.6. The van der Waals surface area contributed by atoms with Crippen LogP contribution < -0.4 is 10.1 Å². The number of hydrogen-bond donors (Lipinski definition) is 1. The predicted octanol–water partition coefficient (Wildman–Crippen LogP) is 3.27. The van der Waals surface area contributed by atoms with Gasteiger partial charge in [-0.25, -0.2) is 12.7 Å². The lowest BCUT2D eigenvalue weighted by atomic mass is 9.99. The molecule has 1 N–H and O–H groups in total. The molecule has 1 aliphatic heterocycles. The van der Waals surface area contributed by atoms with Crippen LogP contribution in [-0.2, 0) is 21.4 Å². The highest BCUT2D eigenvalue weighted by atomic mass is 32.2. The number of nitrogens with zero attached hydrogens (tertiary/aromatic N) is 1. The number of hydrogen-bond acceptors (Lipinski definition) is 4. The van der Waals surface area contributed by atoms with Crippen LogP contribution in [0.1, 0.15) is 25.3 Å². The molecular weight excluding hydrogens is 376 g/mol. The molecule has 28 heavy (non-hydrogen) atoms. The summed E-state index contributed by atoms with van der Waals surface area (Å²) < 4.78 is 31.3. The summed E-state index contributed by atoms with van der Waals surface area (Å²) in [7, 11) is -3.26. The van der Waals surface area contributed by atoms with Crippen LogP contribution in [0.4, 0.5) is 5.69 Å². The van der Waals surface area contributed by atoms with E-state index in [1.165, 1.54) is 4.31 Å². The van der Waals surface area contributed by atoms with Crippen molar-refractivity contribution in [1.82, 2.24) is 4.31 Å². The second-order valence-electron chi connectivity index (χ2n) is 6.89. The molecule has 0 bridgehead atoms. The monoisotopic (exact) mass is 402 g/mol. The number of piperidine rings is 1. The van der Waals surface area contributed by atoms with E-state index in [9.17, 15) is 13.2 Å². The van der Waals surface area contributed by atoms with E-state index in [2.05, 4.69) is 5.32 Å². The number of carbonyl (C=O) groups excluding carboxylic acids is 1. The van der Waals surface area contributed by atoms with E-state index in [4.69, 9.17) is 4.74 Å². The van der Waals surface area contributed by atoms with Gasteiger partial charge in [0.05, 0.1) is 11.7 Å². The van der Waals surface area contributed by atoms with E-state index in [1.807, 2.05) is 42.5 Å². The fourth-order valence-electron chi connectivity index (χ4n) is 3.21. The Morgan fingerprint density at radius 2 is 1.86 bits per heavy atom. The molecule has 2 aromatic carbocycles. The van der Waals surface area contributed by atoms with Crippen molar-refractivity contribution in [3.63, 3.8) is 0 Å². The molecular formula is C21H26N2O4S. The van der Waals surface area contributed by atoms with Crippen molar-refractivity contribution in [2.24, 2.45) is 5.92 Å². The smallest absolute Gasteiger partial charge is 0.228 e. The highest BCUT2D eigenvalue weighted by Crippen LogP contribution is 2.22. The Kier molecular flexibility index (Phi) is 6.70. The van der Waals surface area contributed by atoms with Crippen LogP contribution in [0.3, 0.4) is 0 Å². The highest BCUT2D eigenvalue weighted by molar-refractivity contribution is 7.89. The molecule has 0 unspecified atom stereocenters. The molecule has 0 aromatic heterocycles. The van der Waals surface area contributed by atoms with E-state index in [0.29, 0.717) is 31.7 Å². The maximum Gasteiger partial charge on any atom is 0.228 e. The zero-order valence-electron chi connectivity index (χ0n) is 16.0. The van der Waals surface area contributed by atoms with Gasteiger partial charge in [0.2, 0.25) is 15.9 Å². The Balaban J connectivity index is 1.54. The summed E-state index contributed by atoms with van der Waals surface area (Å²) in [5, 5.41) is 2.89. The zero-order valence-corrected chi connectivity index (χ0v) is 16.8. The predicted molar refractivity (Wildman–Crippen MR) is 110 cm³/mol. The van der Waals surface area contributed by atoms with Gasteiger partial charge in [-0.15, -0.1) is 0 Å². The van der Waals surface area contributed by atoms with Crippen molar-refractivity contribution in [2.45, 2.75) is 26.4 Å². The number of carbonyl (C=O) groups is 1. The average molecular weight is 403 g/mol. The lowest BCUT2D eigenvalue weighted by molar-refractivity contribution is -0.120. The third kappa shape index (κ3) is 5.33. The first-order chi connectivity index (χ1) is 13.5. The first kappa shape index (κ1) is 20.4. The molecule has 1 atom stereocenters. The molecule has 0 saturated carbocycles. The topological polar surface area (TPSA) is 75.7 Å². The highest BCUT2D eigenvalue weighted by Gasteiger charge is 2.31. The Morgan fingerprint density at radius 3 is 2.54 bits per heavy atom. The van der Waals surface area contributed by atoms with E-state index >= 15 is 0 Å². The first-order valence-electron chi connectivity index (χ1n) is 9.53. The Hall–Kier alpha value is -2.38. The Bertz CT molecular complexity index is 882. The summed E-state index contributed by atoms with van der Waals surface area (Å²) >= 11 is 0. The first-order valence-corrected chi connectivity index (χ1v) is 11.1. The molecule has 1 amide bonds. The largest absolute Gasteiger partial charge is 0.489 e. The molecule has 2 aromatic rings. The van der Waals surface area contributed by atoms with Crippen molar-refractivity contribution >= 4 is 21.6 Å². The molecule has 1 heterocycles. The van der Waals surface area contributed by atoms with Crippen molar-refractivity contribution in [3.8, 4) is 5.75 Å². The van der Waals surface area contributed by atoms with E-state index in [-0.39, 0.29) is 24.1 Å². The minimum atomic E-state index is -3.26. The molecule has 150 valence electrons. The number of anilines is 1. The minimum Gasteiger partial charge on any atom is -0.489 e. The fraction of sp³-hybridized carbons (Fsp3) is 0.381. The van der Waals surface area contributed by atoms with Gasteiger partial charge in [0, 0.05) is 18.8 Å². The Labute approximate surface area is 166 Å². The van der Waals surface area contributed by atoms with Crippen LogP contribution in [0.25, 0.3) is 0 Å². The average Bonchev–Trinajstić information content (AvgIpc) is 2.74. The SMILES string of the molecule is CCS(=O)(=O)N1CCC[C@H](C(=O)Nc2ccc(OCc3ccccc3)cc2)C1. The molecule has 0 aliphatic carbocycles. The van der Waals surface area contributed by atoms with E-state index in [0.717, 1.165) is 11.3 Å². The van der Waals surface area contributed by atoms with Crippen LogP contribution in [0.5, 0.6) is 5.75 Å². The van der Waals surface area contributed by atoms with Crippen molar-refractivity contribution in [3.05, 3.63) is 60.2 Å². The summed E-state index contributed by atoms with van der Waals surface area (Å²) in [5.74, 6) is 0.309. The molecule has 1 saturated heterocycles. The maximum atomic E-state index is 12.6. The summed E-state index contributed by atoms with van der Waals surface area (Å²) in [5.41, 5.74) is 1.76. The van der Waals surface area contributed by atoms with Crippen molar-refractivity contribution < 1.29 is 17.9 Å². The van der Waals surface area contributed by atoms with E-state index < -0.39 is 10.0 Å².